The highest BCUT2D eigenvalue weighted by Gasteiger charge is 2.12. The number of benzene rings is 1. The third kappa shape index (κ3) is 2.57. The number of aryl methyl sites for hydroxylation is 2. The van der Waals surface area contributed by atoms with Crippen molar-refractivity contribution in [1.29, 1.82) is 0 Å². The third-order valence-corrected chi connectivity index (χ3v) is 4.34. The minimum atomic E-state index is 0.677. The van der Waals surface area contributed by atoms with Crippen LogP contribution in [-0.4, -0.2) is 20.9 Å². The van der Waals surface area contributed by atoms with Gasteiger partial charge in [-0.2, -0.15) is 5.10 Å². The van der Waals surface area contributed by atoms with E-state index in [1.807, 2.05) is 14.0 Å². The summed E-state index contributed by atoms with van der Waals surface area (Å²) < 4.78 is 3.93. The second kappa shape index (κ2) is 5.54. The van der Waals surface area contributed by atoms with Gasteiger partial charge in [0.05, 0.1) is 12.2 Å². The number of hydrogen-bond acceptors (Lipinski definition) is 2. The molecule has 0 fully saturated rings. The lowest BCUT2D eigenvalue weighted by molar-refractivity contribution is 0.757. The van der Waals surface area contributed by atoms with Gasteiger partial charge in [-0.1, -0.05) is 17.7 Å². The smallest absolute Gasteiger partial charge is 0.131 e. The first kappa shape index (κ1) is 14.2. The van der Waals surface area contributed by atoms with Gasteiger partial charge >= 0.3 is 0 Å². The van der Waals surface area contributed by atoms with E-state index >= 15 is 0 Å². The van der Waals surface area contributed by atoms with Gasteiger partial charge < -0.3 is 10.3 Å². The SMILES string of the molecule is Cc1nn(C)c(Cl)c1Cn1ccc2cc(CCN)ccc21. The summed E-state index contributed by atoms with van der Waals surface area (Å²) >= 11 is 6.32. The molecule has 0 aliphatic carbocycles. The van der Waals surface area contributed by atoms with Crippen LogP contribution in [0.3, 0.4) is 0 Å². The number of hydrogen-bond donors (Lipinski definition) is 1. The highest BCUT2D eigenvalue weighted by molar-refractivity contribution is 6.30. The lowest BCUT2D eigenvalue weighted by atomic mass is 10.1. The molecule has 0 spiro atoms. The molecule has 4 nitrogen and oxygen atoms in total. The Hall–Kier alpha value is -1.78. The van der Waals surface area contributed by atoms with Crippen molar-refractivity contribution in [3.05, 3.63) is 52.4 Å². The van der Waals surface area contributed by atoms with Crippen molar-refractivity contribution in [3.63, 3.8) is 0 Å². The molecule has 3 aromatic rings. The molecule has 2 N–H and O–H groups in total. The van der Waals surface area contributed by atoms with Gasteiger partial charge in [-0.15, -0.1) is 0 Å². The first-order chi connectivity index (χ1) is 10.1. The lowest BCUT2D eigenvalue weighted by Gasteiger charge is -2.06. The monoisotopic (exact) mass is 302 g/mol. The Bertz CT molecular complexity index is 785. The van der Waals surface area contributed by atoms with E-state index in [1.54, 1.807) is 4.68 Å². The van der Waals surface area contributed by atoms with Crippen LogP contribution in [0.4, 0.5) is 0 Å². The molecule has 0 aliphatic heterocycles. The maximum Gasteiger partial charge on any atom is 0.131 e. The highest BCUT2D eigenvalue weighted by atomic mass is 35.5. The van der Waals surface area contributed by atoms with Crippen LogP contribution in [0.5, 0.6) is 0 Å². The zero-order chi connectivity index (χ0) is 15.0. The molecular weight excluding hydrogens is 284 g/mol. The van der Waals surface area contributed by atoms with E-state index in [0.29, 0.717) is 11.7 Å². The Morgan fingerprint density at radius 2 is 2.10 bits per heavy atom. The molecule has 110 valence electrons. The van der Waals surface area contributed by atoms with Crippen molar-refractivity contribution in [3.8, 4) is 0 Å². The molecule has 3 rings (SSSR count). The zero-order valence-electron chi connectivity index (χ0n) is 12.3. The summed E-state index contributed by atoms with van der Waals surface area (Å²) in [5.74, 6) is 0. The van der Waals surface area contributed by atoms with Crippen LogP contribution < -0.4 is 5.73 Å². The summed E-state index contributed by atoms with van der Waals surface area (Å²) in [6.45, 7) is 3.40. The Morgan fingerprint density at radius 3 is 2.76 bits per heavy atom. The van der Waals surface area contributed by atoms with Crippen LogP contribution in [0.25, 0.3) is 10.9 Å². The minimum Gasteiger partial charge on any atom is -0.343 e. The van der Waals surface area contributed by atoms with Gasteiger partial charge in [0.2, 0.25) is 0 Å². The van der Waals surface area contributed by atoms with Crippen molar-refractivity contribution < 1.29 is 0 Å². The summed E-state index contributed by atoms with van der Waals surface area (Å²) in [4.78, 5) is 0. The molecular formula is C16H19ClN4. The average Bonchev–Trinajstić information content (AvgIpc) is 2.96. The lowest BCUT2D eigenvalue weighted by Crippen LogP contribution is -2.03. The van der Waals surface area contributed by atoms with Crippen LogP contribution in [-0.2, 0) is 20.0 Å². The van der Waals surface area contributed by atoms with E-state index in [9.17, 15) is 0 Å². The average molecular weight is 303 g/mol. The molecule has 0 atom stereocenters. The van der Waals surface area contributed by atoms with E-state index in [1.165, 1.54) is 16.5 Å². The topological polar surface area (TPSA) is 48.8 Å². The Morgan fingerprint density at radius 1 is 1.29 bits per heavy atom. The second-order valence-electron chi connectivity index (χ2n) is 5.35. The first-order valence-electron chi connectivity index (χ1n) is 7.06. The van der Waals surface area contributed by atoms with Crippen LogP contribution in [0.1, 0.15) is 16.8 Å². The van der Waals surface area contributed by atoms with Crippen molar-refractivity contribution >= 4 is 22.5 Å². The summed E-state index contributed by atoms with van der Waals surface area (Å²) in [7, 11) is 1.87. The molecule has 21 heavy (non-hydrogen) atoms. The molecule has 1 aromatic carbocycles. The fourth-order valence-corrected chi connectivity index (χ4v) is 2.97. The maximum absolute atomic E-state index is 6.32. The Balaban J connectivity index is 1.98. The third-order valence-electron chi connectivity index (χ3n) is 3.87. The number of aromatic nitrogens is 3. The van der Waals surface area contributed by atoms with E-state index < -0.39 is 0 Å². The van der Waals surface area contributed by atoms with Crippen LogP contribution in [0.15, 0.2) is 30.5 Å². The van der Waals surface area contributed by atoms with E-state index in [-0.39, 0.29) is 0 Å². The van der Waals surface area contributed by atoms with Crippen LogP contribution in [0, 0.1) is 6.92 Å². The predicted molar refractivity (Wildman–Crippen MR) is 86.8 cm³/mol. The van der Waals surface area contributed by atoms with Crippen molar-refractivity contribution in [2.75, 3.05) is 6.54 Å². The van der Waals surface area contributed by atoms with Gasteiger partial charge in [0.15, 0.2) is 0 Å². The van der Waals surface area contributed by atoms with Gasteiger partial charge in [-0.05, 0) is 49.0 Å². The van der Waals surface area contributed by atoms with Gasteiger partial charge in [0.25, 0.3) is 0 Å². The molecule has 0 amide bonds. The molecule has 2 aromatic heterocycles. The Kier molecular flexibility index (Phi) is 3.74. The molecule has 2 heterocycles. The van der Waals surface area contributed by atoms with Gasteiger partial charge in [-0.3, -0.25) is 4.68 Å². The largest absolute Gasteiger partial charge is 0.343 e. The number of nitrogens with two attached hydrogens (primary N) is 1. The fourth-order valence-electron chi connectivity index (χ4n) is 2.73. The number of nitrogens with zero attached hydrogens (tertiary/aromatic N) is 3. The minimum absolute atomic E-state index is 0.677. The first-order valence-corrected chi connectivity index (χ1v) is 7.43. The highest BCUT2D eigenvalue weighted by Crippen LogP contribution is 2.23. The zero-order valence-corrected chi connectivity index (χ0v) is 13.1. The number of halogens is 1. The molecule has 0 saturated heterocycles. The molecule has 0 bridgehead atoms. The summed E-state index contributed by atoms with van der Waals surface area (Å²) in [6, 6.07) is 8.63. The van der Waals surface area contributed by atoms with Crippen LogP contribution >= 0.6 is 11.6 Å². The molecule has 0 aliphatic rings. The van der Waals surface area contributed by atoms with Crippen LogP contribution in [0.2, 0.25) is 5.15 Å². The quantitative estimate of drug-likeness (QED) is 0.805. The van der Waals surface area contributed by atoms with E-state index in [0.717, 1.165) is 24.2 Å². The predicted octanol–water partition coefficient (Wildman–Crippen LogP) is 2.89. The summed E-state index contributed by atoms with van der Waals surface area (Å²) in [5.41, 5.74) is 10.1. The van der Waals surface area contributed by atoms with Crippen molar-refractivity contribution in [1.82, 2.24) is 14.3 Å². The Labute approximate surface area is 129 Å². The maximum atomic E-state index is 6.32. The number of fused-ring (bicyclic) bond motifs is 1. The van der Waals surface area contributed by atoms with E-state index in [4.69, 9.17) is 17.3 Å². The van der Waals surface area contributed by atoms with Gasteiger partial charge in [-0.25, -0.2) is 0 Å². The van der Waals surface area contributed by atoms with Crippen molar-refractivity contribution in [2.24, 2.45) is 12.8 Å². The normalized spacial score (nSPS) is 11.4. The van der Waals surface area contributed by atoms with E-state index in [2.05, 4.69) is 40.1 Å². The fraction of sp³-hybridized carbons (Fsp3) is 0.312. The van der Waals surface area contributed by atoms with Gasteiger partial charge in [0, 0.05) is 24.3 Å². The number of rotatable bonds is 4. The van der Waals surface area contributed by atoms with Gasteiger partial charge in [0.1, 0.15) is 5.15 Å². The second-order valence-corrected chi connectivity index (χ2v) is 5.71. The molecule has 5 heteroatoms. The summed E-state index contributed by atoms with van der Waals surface area (Å²) in [5, 5.41) is 6.30. The van der Waals surface area contributed by atoms with Crippen molar-refractivity contribution in [2.45, 2.75) is 19.9 Å². The molecule has 0 unspecified atom stereocenters. The molecule has 0 radical (unpaired) electrons. The summed E-state index contributed by atoms with van der Waals surface area (Å²) in [6.07, 6.45) is 3.01. The molecule has 0 saturated carbocycles. The standard InChI is InChI=1S/C16H19ClN4/c1-11-14(16(17)20(2)19-11)10-21-8-6-13-9-12(5-7-18)3-4-15(13)21/h3-4,6,8-9H,5,7,10,18H2,1-2H3.